The second-order valence-corrected chi connectivity index (χ2v) is 8.15. The minimum absolute atomic E-state index is 0.124. The number of para-hydroxylation sites is 2. The summed E-state index contributed by atoms with van der Waals surface area (Å²) in [5, 5.41) is 11.7. The Bertz CT molecular complexity index is 1110. The van der Waals surface area contributed by atoms with E-state index in [-0.39, 0.29) is 17.6 Å². The SMILES string of the molecule is Cc1cc(C)n2c(SCC(=O)N3c4ccccc4NC(=O)C3(C)C)nnc2n1. The molecule has 8 nitrogen and oxygen atoms in total. The molecule has 1 N–H and O–H groups in total. The maximum atomic E-state index is 13.1. The fourth-order valence-electron chi connectivity index (χ4n) is 3.38. The minimum Gasteiger partial charge on any atom is -0.322 e. The van der Waals surface area contributed by atoms with Gasteiger partial charge in [0.1, 0.15) is 5.54 Å². The first kappa shape index (κ1) is 18.4. The number of amides is 2. The lowest BCUT2D eigenvalue weighted by Crippen LogP contribution is -2.58. The van der Waals surface area contributed by atoms with E-state index < -0.39 is 5.54 Å². The molecule has 1 aromatic carbocycles. The Balaban J connectivity index is 1.63. The molecule has 1 aliphatic rings. The molecule has 0 radical (unpaired) electrons. The number of anilines is 2. The number of benzene rings is 1. The average Bonchev–Trinajstić information content (AvgIpc) is 3.03. The second-order valence-electron chi connectivity index (χ2n) is 7.21. The molecule has 0 bridgehead atoms. The number of aromatic nitrogens is 4. The topological polar surface area (TPSA) is 92.5 Å². The van der Waals surface area contributed by atoms with Crippen molar-refractivity contribution in [1.82, 2.24) is 19.6 Å². The molecule has 3 heterocycles. The van der Waals surface area contributed by atoms with Gasteiger partial charge in [0.2, 0.25) is 11.8 Å². The standard InChI is InChI=1S/C19H20N6O2S/c1-11-9-12(2)24-17(20-11)22-23-18(24)28-10-15(26)25-14-8-6-5-7-13(14)21-16(27)19(25,3)4/h5-9H,10H2,1-4H3,(H,21,27). The third kappa shape index (κ3) is 2.91. The zero-order chi connectivity index (χ0) is 20.1. The highest BCUT2D eigenvalue weighted by Crippen LogP contribution is 2.37. The van der Waals surface area contributed by atoms with Gasteiger partial charge in [0.25, 0.3) is 5.78 Å². The summed E-state index contributed by atoms with van der Waals surface area (Å²) < 4.78 is 1.83. The van der Waals surface area contributed by atoms with Crippen LogP contribution >= 0.6 is 11.8 Å². The van der Waals surface area contributed by atoms with Gasteiger partial charge < -0.3 is 5.32 Å². The quantitative estimate of drug-likeness (QED) is 0.684. The molecule has 2 amide bonds. The summed E-state index contributed by atoms with van der Waals surface area (Å²) in [6.07, 6.45) is 0. The number of aryl methyl sites for hydroxylation is 2. The average molecular weight is 396 g/mol. The predicted octanol–water partition coefficient (Wildman–Crippen LogP) is 2.60. The first-order chi connectivity index (χ1) is 13.3. The molecule has 0 fully saturated rings. The Morgan fingerprint density at radius 2 is 1.96 bits per heavy atom. The number of rotatable bonds is 3. The number of hydrogen-bond acceptors (Lipinski definition) is 6. The van der Waals surface area contributed by atoms with Crippen LogP contribution in [-0.2, 0) is 9.59 Å². The van der Waals surface area contributed by atoms with E-state index in [1.807, 2.05) is 42.5 Å². The molecule has 0 spiro atoms. The number of nitrogens with zero attached hydrogens (tertiary/aromatic N) is 5. The van der Waals surface area contributed by atoms with Gasteiger partial charge >= 0.3 is 0 Å². The van der Waals surface area contributed by atoms with Gasteiger partial charge in [0.05, 0.1) is 17.1 Å². The lowest BCUT2D eigenvalue weighted by Gasteiger charge is -2.42. The van der Waals surface area contributed by atoms with Crippen molar-refractivity contribution in [3.8, 4) is 0 Å². The van der Waals surface area contributed by atoms with Gasteiger partial charge in [-0.3, -0.25) is 18.9 Å². The Morgan fingerprint density at radius 3 is 2.75 bits per heavy atom. The summed E-state index contributed by atoms with van der Waals surface area (Å²) in [5.41, 5.74) is 2.15. The smallest absolute Gasteiger partial charge is 0.256 e. The summed E-state index contributed by atoms with van der Waals surface area (Å²) in [5.74, 6) is 0.245. The Morgan fingerprint density at radius 1 is 1.21 bits per heavy atom. The summed E-state index contributed by atoms with van der Waals surface area (Å²) in [6.45, 7) is 7.33. The zero-order valence-corrected chi connectivity index (χ0v) is 16.9. The van der Waals surface area contributed by atoms with Crippen LogP contribution in [0, 0.1) is 13.8 Å². The molecule has 4 rings (SSSR count). The highest BCUT2D eigenvalue weighted by molar-refractivity contribution is 7.99. The van der Waals surface area contributed by atoms with Crippen molar-refractivity contribution in [3.63, 3.8) is 0 Å². The minimum atomic E-state index is -0.993. The Hall–Kier alpha value is -2.94. The Labute approximate surface area is 166 Å². The van der Waals surface area contributed by atoms with Gasteiger partial charge in [0, 0.05) is 11.4 Å². The van der Waals surface area contributed by atoms with Gasteiger partial charge in [-0.15, -0.1) is 10.2 Å². The van der Waals surface area contributed by atoms with Crippen LogP contribution in [0.5, 0.6) is 0 Å². The molecule has 0 unspecified atom stereocenters. The summed E-state index contributed by atoms with van der Waals surface area (Å²) in [6, 6.07) is 9.25. The van der Waals surface area contributed by atoms with E-state index >= 15 is 0 Å². The van der Waals surface area contributed by atoms with E-state index in [9.17, 15) is 9.59 Å². The highest BCUT2D eigenvalue weighted by atomic mass is 32.2. The van der Waals surface area contributed by atoms with Crippen LogP contribution in [-0.4, -0.2) is 42.7 Å². The van der Waals surface area contributed by atoms with Crippen LogP contribution in [0.15, 0.2) is 35.5 Å². The van der Waals surface area contributed by atoms with Gasteiger partial charge in [-0.25, -0.2) is 4.98 Å². The van der Waals surface area contributed by atoms with E-state index in [1.54, 1.807) is 24.8 Å². The molecule has 1 aliphatic heterocycles. The number of thioether (sulfide) groups is 1. The number of carbonyl (C=O) groups excluding carboxylic acids is 2. The van der Waals surface area contributed by atoms with E-state index in [0.717, 1.165) is 11.4 Å². The molecule has 2 aromatic heterocycles. The van der Waals surface area contributed by atoms with E-state index in [1.165, 1.54) is 11.8 Å². The lowest BCUT2D eigenvalue weighted by atomic mass is 9.96. The fraction of sp³-hybridized carbons (Fsp3) is 0.316. The van der Waals surface area contributed by atoms with Crippen LogP contribution in [0.1, 0.15) is 25.2 Å². The number of hydrogen-bond donors (Lipinski definition) is 1. The van der Waals surface area contributed by atoms with E-state index in [0.29, 0.717) is 22.3 Å². The van der Waals surface area contributed by atoms with Crippen molar-refractivity contribution in [2.45, 2.75) is 38.4 Å². The largest absolute Gasteiger partial charge is 0.322 e. The molecule has 0 saturated heterocycles. The predicted molar refractivity (Wildman–Crippen MR) is 108 cm³/mol. The molecule has 28 heavy (non-hydrogen) atoms. The summed E-state index contributed by atoms with van der Waals surface area (Å²) >= 11 is 1.28. The van der Waals surface area contributed by atoms with Crippen molar-refractivity contribution >= 4 is 40.7 Å². The normalized spacial score (nSPS) is 15.4. The Kier molecular flexibility index (Phi) is 4.34. The first-order valence-corrected chi connectivity index (χ1v) is 9.83. The van der Waals surface area contributed by atoms with Crippen molar-refractivity contribution in [2.75, 3.05) is 16.0 Å². The maximum Gasteiger partial charge on any atom is 0.256 e. The van der Waals surface area contributed by atoms with E-state index in [2.05, 4.69) is 20.5 Å². The van der Waals surface area contributed by atoms with Crippen molar-refractivity contribution in [1.29, 1.82) is 0 Å². The molecule has 3 aromatic rings. The van der Waals surface area contributed by atoms with Crippen molar-refractivity contribution < 1.29 is 9.59 Å². The van der Waals surface area contributed by atoms with Gasteiger partial charge in [0.15, 0.2) is 5.16 Å². The van der Waals surface area contributed by atoms with Crippen molar-refractivity contribution in [3.05, 3.63) is 41.7 Å². The molecule has 9 heteroatoms. The molecular formula is C19H20N6O2S. The number of carbonyl (C=O) groups is 2. The summed E-state index contributed by atoms with van der Waals surface area (Å²) in [4.78, 5) is 31.6. The first-order valence-electron chi connectivity index (χ1n) is 8.85. The van der Waals surface area contributed by atoms with Gasteiger partial charge in [-0.2, -0.15) is 0 Å². The van der Waals surface area contributed by atoms with Crippen LogP contribution < -0.4 is 10.2 Å². The van der Waals surface area contributed by atoms with E-state index in [4.69, 9.17) is 0 Å². The van der Waals surface area contributed by atoms with Gasteiger partial charge in [-0.1, -0.05) is 23.9 Å². The lowest BCUT2D eigenvalue weighted by molar-refractivity contribution is -0.125. The van der Waals surface area contributed by atoms with Crippen molar-refractivity contribution in [2.24, 2.45) is 0 Å². The number of nitrogens with one attached hydrogen (secondary N) is 1. The second kappa shape index (κ2) is 6.59. The zero-order valence-electron chi connectivity index (χ0n) is 16.1. The van der Waals surface area contributed by atoms with Crippen LogP contribution in [0.25, 0.3) is 5.78 Å². The van der Waals surface area contributed by atoms with Crippen LogP contribution in [0.3, 0.4) is 0 Å². The molecular weight excluding hydrogens is 376 g/mol. The highest BCUT2D eigenvalue weighted by Gasteiger charge is 2.43. The van der Waals surface area contributed by atoms with Crippen LogP contribution in [0.2, 0.25) is 0 Å². The monoisotopic (exact) mass is 396 g/mol. The van der Waals surface area contributed by atoms with Crippen LogP contribution in [0.4, 0.5) is 11.4 Å². The fourth-order valence-corrected chi connectivity index (χ4v) is 4.22. The molecule has 0 saturated carbocycles. The third-order valence-corrected chi connectivity index (χ3v) is 5.66. The molecule has 0 aliphatic carbocycles. The van der Waals surface area contributed by atoms with Gasteiger partial charge in [-0.05, 0) is 45.9 Å². The maximum absolute atomic E-state index is 13.1. The summed E-state index contributed by atoms with van der Waals surface area (Å²) in [7, 11) is 0. The third-order valence-electron chi connectivity index (χ3n) is 4.75. The molecule has 144 valence electrons. The number of fused-ring (bicyclic) bond motifs is 2. The molecule has 0 atom stereocenters.